The standard InChI is InChI=1S/C10H15FN2/c1-6(2)7(3)8-4-9(11)13-10(12)5-8/h4-7H,1-3H3,(H2,12,13). The molecular formula is C10H15FN2. The molecule has 0 saturated heterocycles. The average molecular weight is 182 g/mol. The quantitative estimate of drug-likeness (QED) is 0.714. The van der Waals surface area contributed by atoms with Crippen molar-refractivity contribution in [3.63, 3.8) is 0 Å². The maximum Gasteiger partial charge on any atom is 0.215 e. The number of nitrogen functional groups attached to an aromatic ring is 1. The zero-order chi connectivity index (χ0) is 10.0. The monoisotopic (exact) mass is 182 g/mol. The van der Waals surface area contributed by atoms with E-state index in [4.69, 9.17) is 5.73 Å². The molecule has 13 heavy (non-hydrogen) atoms. The SMILES string of the molecule is CC(C)C(C)c1cc(N)nc(F)c1. The predicted octanol–water partition coefficient (Wildman–Crippen LogP) is 2.56. The van der Waals surface area contributed by atoms with Gasteiger partial charge in [-0.25, -0.2) is 4.98 Å². The van der Waals surface area contributed by atoms with Gasteiger partial charge in [-0.3, -0.25) is 0 Å². The molecular weight excluding hydrogens is 167 g/mol. The van der Waals surface area contributed by atoms with E-state index in [1.54, 1.807) is 6.07 Å². The van der Waals surface area contributed by atoms with Gasteiger partial charge in [-0.1, -0.05) is 20.8 Å². The fourth-order valence-electron chi connectivity index (χ4n) is 1.19. The fraction of sp³-hybridized carbons (Fsp3) is 0.500. The van der Waals surface area contributed by atoms with E-state index in [2.05, 4.69) is 25.8 Å². The molecule has 0 aromatic carbocycles. The van der Waals surface area contributed by atoms with Crippen LogP contribution in [0.4, 0.5) is 10.2 Å². The van der Waals surface area contributed by atoms with Crippen molar-refractivity contribution < 1.29 is 4.39 Å². The number of rotatable bonds is 2. The van der Waals surface area contributed by atoms with E-state index in [1.165, 1.54) is 6.07 Å². The molecule has 1 heterocycles. The van der Waals surface area contributed by atoms with Crippen LogP contribution in [0.2, 0.25) is 0 Å². The van der Waals surface area contributed by atoms with E-state index in [0.29, 0.717) is 11.8 Å². The highest BCUT2D eigenvalue weighted by molar-refractivity contribution is 5.34. The third-order valence-corrected chi connectivity index (χ3v) is 2.36. The lowest BCUT2D eigenvalue weighted by Gasteiger charge is -2.15. The number of halogens is 1. The first-order valence-corrected chi connectivity index (χ1v) is 4.43. The van der Waals surface area contributed by atoms with Crippen LogP contribution in [0.25, 0.3) is 0 Å². The number of nitrogens with zero attached hydrogens (tertiary/aromatic N) is 1. The molecule has 1 unspecified atom stereocenters. The Morgan fingerprint density at radius 1 is 1.31 bits per heavy atom. The zero-order valence-electron chi connectivity index (χ0n) is 8.21. The Kier molecular flexibility index (Phi) is 2.86. The van der Waals surface area contributed by atoms with Crippen LogP contribution in [0.3, 0.4) is 0 Å². The summed E-state index contributed by atoms with van der Waals surface area (Å²) in [5.41, 5.74) is 6.36. The molecule has 1 rings (SSSR count). The molecule has 1 aromatic rings. The van der Waals surface area contributed by atoms with Gasteiger partial charge in [-0.05, 0) is 29.5 Å². The van der Waals surface area contributed by atoms with Crippen molar-refractivity contribution in [1.82, 2.24) is 4.98 Å². The molecule has 0 saturated carbocycles. The molecule has 0 fully saturated rings. The molecule has 1 atom stereocenters. The Labute approximate surface area is 78.0 Å². The van der Waals surface area contributed by atoms with Crippen LogP contribution >= 0.6 is 0 Å². The van der Waals surface area contributed by atoms with Crippen LogP contribution in [0.5, 0.6) is 0 Å². The largest absolute Gasteiger partial charge is 0.384 e. The Bertz CT molecular complexity index is 277. The van der Waals surface area contributed by atoms with Gasteiger partial charge in [0, 0.05) is 0 Å². The molecule has 0 spiro atoms. The van der Waals surface area contributed by atoms with Gasteiger partial charge < -0.3 is 5.73 Å². The van der Waals surface area contributed by atoms with Crippen molar-refractivity contribution in [1.29, 1.82) is 0 Å². The molecule has 0 amide bonds. The smallest absolute Gasteiger partial charge is 0.215 e. The van der Waals surface area contributed by atoms with E-state index >= 15 is 0 Å². The summed E-state index contributed by atoms with van der Waals surface area (Å²) in [6.45, 7) is 6.25. The Morgan fingerprint density at radius 3 is 2.38 bits per heavy atom. The van der Waals surface area contributed by atoms with E-state index in [0.717, 1.165) is 5.56 Å². The average Bonchev–Trinajstić information content (AvgIpc) is 2.01. The second-order valence-corrected chi connectivity index (χ2v) is 3.68. The van der Waals surface area contributed by atoms with E-state index in [-0.39, 0.29) is 5.82 Å². The number of nitrogens with two attached hydrogens (primary N) is 1. The highest BCUT2D eigenvalue weighted by Gasteiger charge is 2.11. The third kappa shape index (κ3) is 2.41. The summed E-state index contributed by atoms with van der Waals surface area (Å²) in [5.74, 6) is 0.533. The number of anilines is 1. The van der Waals surface area contributed by atoms with Crippen molar-refractivity contribution in [2.45, 2.75) is 26.7 Å². The first kappa shape index (κ1) is 9.96. The minimum Gasteiger partial charge on any atom is -0.384 e. The van der Waals surface area contributed by atoms with Crippen molar-refractivity contribution in [3.8, 4) is 0 Å². The summed E-state index contributed by atoms with van der Waals surface area (Å²) in [5, 5.41) is 0. The normalized spacial score (nSPS) is 13.3. The molecule has 2 N–H and O–H groups in total. The molecule has 0 aliphatic rings. The summed E-state index contributed by atoms with van der Waals surface area (Å²) in [6, 6.07) is 3.18. The topological polar surface area (TPSA) is 38.9 Å². The van der Waals surface area contributed by atoms with Crippen LogP contribution in [0.15, 0.2) is 12.1 Å². The first-order chi connectivity index (χ1) is 6.00. The van der Waals surface area contributed by atoms with Gasteiger partial charge in [0.1, 0.15) is 5.82 Å². The van der Waals surface area contributed by atoms with Crippen molar-refractivity contribution in [3.05, 3.63) is 23.6 Å². The number of pyridine rings is 1. The van der Waals surface area contributed by atoms with Gasteiger partial charge >= 0.3 is 0 Å². The lowest BCUT2D eigenvalue weighted by Crippen LogP contribution is -2.04. The highest BCUT2D eigenvalue weighted by Crippen LogP contribution is 2.24. The summed E-state index contributed by atoms with van der Waals surface area (Å²) in [6.07, 6.45) is 0. The highest BCUT2D eigenvalue weighted by atomic mass is 19.1. The Morgan fingerprint density at radius 2 is 1.92 bits per heavy atom. The molecule has 3 heteroatoms. The zero-order valence-corrected chi connectivity index (χ0v) is 8.21. The number of aromatic nitrogens is 1. The maximum absolute atomic E-state index is 12.9. The molecule has 2 nitrogen and oxygen atoms in total. The number of hydrogen-bond acceptors (Lipinski definition) is 2. The molecule has 0 radical (unpaired) electrons. The fourth-order valence-corrected chi connectivity index (χ4v) is 1.19. The minimum absolute atomic E-state index is 0.252. The van der Waals surface area contributed by atoms with Crippen LogP contribution in [-0.4, -0.2) is 4.98 Å². The molecule has 1 aromatic heterocycles. The second-order valence-electron chi connectivity index (χ2n) is 3.68. The van der Waals surface area contributed by atoms with Crippen molar-refractivity contribution in [2.75, 3.05) is 5.73 Å². The van der Waals surface area contributed by atoms with Gasteiger partial charge in [-0.2, -0.15) is 4.39 Å². The van der Waals surface area contributed by atoms with Crippen LogP contribution < -0.4 is 5.73 Å². The molecule has 0 bridgehead atoms. The van der Waals surface area contributed by atoms with Gasteiger partial charge in [0.2, 0.25) is 5.95 Å². The summed E-state index contributed by atoms with van der Waals surface area (Å²) >= 11 is 0. The minimum atomic E-state index is -0.498. The third-order valence-electron chi connectivity index (χ3n) is 2.36. The van der Waals surface area contributed by atoms with Gasteiger partial charge in [0.15, 0.2) is 0 Å². The van der Waals surface area contributed by atoms with E-state index in [1.807, 2.05) is 0 Å². The molecule has 0 aliphatic heterocycles. The maximum atomic E-state index is 12.9. The summed E-state index contributed by atoms with van der Waals surface area (Å²) in [4.78, 5) is 3.49. The lowest BCUT2D eigenvalue weighted by molar-refractivity contribution is 0.524. The Hall–Kier alpha value is -1.12. The van der Waals surface area contributed by atoms with Gasteiger partial charge in [0.05, 0.1) is 0 Å². The van der Waals surface area contributed by atoms with Crippen LogP contribution in [0.1, 0.15) is 32.3 Å². The number of hydrogen-bond donors (Lipinski definition) is 1. The lowest BCUT2D eigenvalue weighted by atomic mass is 9.91. The van der Waals surface area contributed by atoms with Crippen molar-refractivity contribution >= 4 is 5.82 Å². The second kappa shape index (κ2) is 3.73. The predicted molar refractivity (Wildman–Crippen MR) is 51.9 cm³/mol. The van der Waals surface area contributed by atoms with Gasteiger partial charge in [0.25, 0.3) is 0 Å². The summed E-state index contributed by atoms with van der Waals surface area (Å²) < 4.78 is 12.9. The van der Waals surface area contributed by atoms with E-state index < -0.39 is 5.95 Å². The van der Waals surface area contributed by atoms with Crippen LogP contribution in [-0.2, 0) is 0 Å². The van der Waals surface area contributed by atoms with Crippen LogP contribution in [0, 0.1) is 11.9 Å². The molecule has 0 aliphatic carbocycles. The Balaban J connectivity index is 3.01. The summed E-state index contributed by atoms with van der Waals surface area (Å²) in [7, 11) is 0. The first-order valence-electron chi connectivity index (χ1n) is 4.43. The molecule has 72 valence electrons. The van der Waals surface area contributed by atoms with Crippen molar-refractivity contribution in [2.24, 2.45) is 5.92 Å². The van der Waals surface area contributed by atoms with E-state index in [9.17, 15) is 4.39 Å². The van der Waals surface area contributed by atoms with Gasteiger partial charge in [-0.15, -0.1) is 0 Å².